The minimum Gasteiger partial charge on any atom is -0.352 e. The van der Waals surface area contributed by atoms with Crippen LogP contribution in [-0.2, 0) is 19.2 Å². The van der Waals surface area contributed by atoms with E-state index in [1.807, 2.05) is 27.7 Å². The van der Waals surface area contributed by atoms with Crippen molar-refractivity contribution in [2.75, 3.05) is 27.2 Å². The van der Waals surface area contributed by atoms with Gasteiger partial charge in [0.1, 0.15) is 11.6 Å². The van der Waals surface area contributed by atoms with E-state index in [1.54, 1.807) is 14.1 Å². The summed E-state index contributed by atoms with van der Waals surface area (Å²) in [5.41, 5.74) is 9.92. The van der Waals surface area contributed by atoms with Gasteiger partial charge in [-0.2, -0.15) is 0 Å². The number of likely N-dealkylation sites (N-methyl/N-ethyl adjacent to an activating group) is 2. The van der Waals surface area contributed by atoms with Crippen molar-refractivity contribution < 1.29 is 28.8 Å². The minimum absolute atomic E-state index is 0.0102. The van der Waals surface area contributed by atoms with Crippen molar-refractivity contribution >= 4 is 35.2 Å². The Balaban J connectivity index is 0. The second-order valence-electron chi connectivity index (χ2n) is 10.8. The maximum Gasteiger partial charge on any atom is 0.312 e. The highest BCUT2D eigenvalue weighted by molar-refractivity contribution is 5.90. The number of nitrogens with two attached hydrogens (primary N) is 2. The number of primary amides is 2. The lowest BCUT2D eigenvalue weighted by Gasteiger charge is -2.21. The molecule has 12 nitrogen and oxygen atoms in total. The first-order valence-corrected chi connectivity index (χ1v) is 14.1. The third-order valence-corrected chi connectivity index (χ3v) is 6.75. The summed E-state index contributed by atoms with van der Waals surface area (Å²) in [4.78, 5) is 68.6. The van der Waals surface area contributed by atoms with E-state index in [4.69, 9.17) is 11.5 Å². The van der Waals surface area contributed by atoms with E-state index in [-0.39, 0.29) is 71.7 Å². The van der Waals surface area contributed by atoms with Gasteiger partial charge in [0.25, 0.3) is 0 Å². The molecule has 0 aromatic carbocycles. The Morgan fingerprint density at radius 3 is 1.10 bits per heavy atom. The van der Waals surface area contributed by atoms with Crippen LogP contribution in [0.1, 0.15) is 80.1 Å². The Morgan fingerprint density at radius 1 is 0.600 bits per heavy atom. The van der Waals surface area contributed by atoms with Crippen molar-refractivity contribution in [1.29, 1.82) is 0 Å². The van der Waals surface area contributed by atoms with Crippen molar-refractivity contribution in [2.24, 2.45) is 35.1 Å². The summed E-state index contributed by atoms with van der Waals surface area (Å²) >= 11 is 0. The van der Waals surface area contributed by atoms with Crippen LogP contribution in [0.2, 0.25) is 0 Å². The number of carbonyl (C=O) groups is 6. The number of hydrogen-bond acceptors (Lipinski definition) is 8. The van der Waals surface area contributed by atoms with E-state index >= 15 is 0 Å². The fourth-order valence-corrected chi connectivity index (χ4v) is 4.49. The van der Waals surface area contributed by atoms with Crippen LogP contribution in [-0.4, -0.2) is 74.5 Å². The minimum atomic E-state index is -0.574. The average molecular weight is 571 g/mol. The highest BCUT2D eigenvalue weighted by Crippen LogP contribution is 2.17. The maximum atomic E-state index is 12.2. The van der Waals surface area contributed by atoms with Gasteiger partial charge < -0.3 is 32.7 Å². The van der Waals surface area contributed by atoms with Gasteiger partial charge in [-0.05, 0) is 65.5 Å². The van der Waals surface area contributed by atoms with Crippen molar-refractivity contribution in [1.82, 2.24) is 21.3 Å². The van der Waals surface area contributed by atoms with Crippen LogP contribution in [0.25, 0.3) is 0 Å². The van der Waals surface area contributed by atoms with Gasteiger partial charge in [-0.15, -0.1) is 0 Å². The van der Waals surface area contributed by atoms with Crippen molar-refractivity contribution in [3.63, 3.8) is 0 Å². The topological polar surface area (TPSA) is 203 Å². The molecule has 0 radical (unpaired) electrons. The van der Waals surface area contributed by atoms with Gasteiger partial charge in [0.05, 0.1) is 12.1 Å². The van der Waals surface area contributed by atoms with E-state index in [2.05, 4.69) is 21.3 Å². The molecule has 0 spiro atoms. The molecule has 0 aliphatic rings. The molecule has 232 valence electrons. The molecule has 0 unspecified atom stereocenters. The normalized spacial score (nSPS) is 13.8. The van der Waals surface area contributed by atoms with Crippen molar-refractivity contribution in [3.05, 3.63) is 0 Å². The summed E-state index contributed by atoms with van der Waals surface area (Å²) in [6, 6.07) is -1.59. The quantitative estimate of drug-likeness (QED) is 0.119. The number of nitrogens with one attached hydrogen (secondary N) is 4. The molecule has 0 aliphatic heterocycles. The molecule has 40 heavy (non-hydrogen) atoms. The highest BCUT2D eigenvalue weighted by Gasteiger charge is 2.26. The third kappa shape index (κ3) is 18.4. The van der Waals surface area contributed by atoms with E-state index in [1.165, 1.54) is 13.8 Å². The number of urea groups is 2. The second kappa shape index (κ2) is 21.9. The summed E-state index contributed by atoms with van der Waals surface area (Å²) < 4.78 is 0. The van der Waals surface area contributed by atoms with Gasteiger partial charge in [0.15, 0.2) is 11.6 Å². The van der Waals surface area contributed by atoms with Gasteiger partial charge in [0, 0.05) is 37.8 Å². The van der Waals surface area contributed by atoms with Crippen LogP contribution >= 0.6 is 0 Å². The van der Waals surface area contributed by atoms with Gasteiger partial charge in [-0.1, -0.05) is 27.7 Å². The zero-order valence-corrected chi connectivity index (χ0v) is 25.7. The van der Waals surface area contributed by atoms with E-state index in [0.29, 0.717) is 38.8 Å². The monoisotopic (exact) mass is 570 g/mol. The molecular formula is C28H54N6O6. The van der Waals surface area contributed by atoms with Gasteiger partial charge in [-0.3, -0.25) is 19.2 Å². The summed E-state index contributed by atoms with van der Waals surface area (Å²) in [7, 11) is 3.50. The summed E-state index contributed by atoms with van der Waals surface area (Å²) in [5.74, 6) is -0.0463. The molecule has 0 rings (SSSR count). The van der Waals surface area contributed by atoms with Crippen LogP contribution in [0.5, 0.6) is 0 Å². The molecule has 0 saturated carbocycles. The number of hydrogen-bond donors (Lipinski definition) is 6. The lowest BCUT2D eigenvalue weighted by atomic mass is 9.88. The largest absolute Gasteiger partial charge is 0.352 e. The Morgan fingerprint density at radius 2 is 0.900 bits per heavy atom. The molecule has 12 heteroatoms. The van der Waals surface area contributed by atoms with Gasteiger partial charge in [-0.25, -0.2) is 9.59 Å². The van der Waals surface area contributed by atoms with Gasteiger partial charge >= 0.3 is 12.1 Å². The van der Waals surface area contributed by atoms with Crippen molar-refractivity contribution in [3.8, 4) is 0 Å². The molecule has 4 atom stereocenters. The molecular weight excluding hydrogens is 516 g/mol. The molecule has 8 N–H and O–H groups in total. The summed E-state index contributed by atoms with van der Waals surface area (Å²) in [6.45, 7) is 11.7. The second-order valence-corrected chi connectivity index (χ2v) is 10.8. The lowest BCUT2D eigenvalue weighted by Crippen LogP contribution is -2.40. The number of rotatable bonds is 20. The predicted molar refractivity (Wildman–Crippen MR) is 157 cm³/mol. The highest BCUT2D eigenvalue weighted by atomic mass is 16.2. The Labute approximate surface area is 239 Å². The van der Waals surface area contributed by atoms with Crippen molar-refractivity contribution in [2.45, 2.75) is 92.2 Å². The first kappa shape index (κ1) is 39.3. The average Bonchev–Trinajstić information content (AvgIpc) is 2.83. The molecule has 0 aromatic heterocycles. The fourth-order valence-electron chi connectivity index (χ4n) is 4.49. The Kier molecular flexibility index (Phi) is 21.5. The van der Waals surface area contributed by atoms with E-state index < -0.39 is 12.1 Å². The standard InChI is InChI=1S/2C14H27N3O3/c2*1-9(2)13(16-4)12(19)8-11(10(3)18)6-5-7-17-14(15)20/h2*9,11,13,16H,5-8H2,1-4H3,(H3,15,17,20)/t2*11-,13+/m10/s1. The predicted octanol–water partition coefficient (Wildman–Crippen LogP) is 1.69. The number of amides is 4. The van der Waals surface area contributed by atoms with Gasteiger partial charge in [0.2, 0.25) is 0 Å². The molecule has 0 aromatic rings. The maximum absolute atomic E-state index is 12.2. The first-order valence-electron chi connectivity index (χ1n) is 14.1. The number of Topliss-reactive ketones (excluding diaryl/α,β-unsaturated/α-hetero) is 4. The molecule has 0 bridgehead atoms. The van der Waals surface area contributed by atoms with Crippen LogP contribution in [0.4, 0.5) is 9.59 Å². The lowest BCUT2D eigenvalue weighted by molar-refractivity contribution is -0.128. The summed E-state index contributed by atoms with van der Waals surface area (Å²) in [6.07, 6.45) is 2.91. The van der Waals surface area contributed by atoms with Crippen LogP contribution in [0.15, 0.2) is 0 Å². The Hall–Kier alpha value is -2.86. The van der Waals surface area contributed by atoms with Crippen LogP contribution in [0.3, 0.4) is 0 Å². The molecule has 0 fully saturated rings. The Bertz CT molecular complexity index is 751. The first-order chi connectivity index (χ1) is 18.6. The summed E-state index contributed by atoms with van der Waals surface area (Å²) in [5, 5.41) is 10.9. The molecule has 4 amide bonds. The zero-order chi connectivity index (χ0) is 31.4. The SMILES string of the molecule is CN[C@@H](C(=O)C[C@H](CCCNC(N)=O)C(C)=O)C(C)C.CN[C@H](C(=O)C[C@@H](CCCNC(N)=O)C(C)=O)C(C)C. The van der Waals surface area contributed by atoms with Crippen LogP contribution < -0.4 is 32.7 Å². The molecule has 0 saturated heterocycles. The zero-order valence-electron chi connectivity index (χ0n) is 25.7. The fraction of sp³-hybridized carbons (Fsp3) is 0.786. The van der Waals surface area contributed by atoms with E-state index in [9.17, 15) is 28.8 Å². The number of carbonyl (C=O) groups excluding carboxylic acids is 6. The number of ketones is 4. The smallest absolute Gasteiger partial charge is 0.312 e. The molecule has 0 aliphatic carbocycles. The van der Waals surface area contributed by atoms with Crippen LogP contribution in [0, 0.1) is 23.7 Å². The van der Waals surface area contributed by atoms with E-state index in [0.717, 1.165) is 0 Å². The molecule has 0 heterocycles. The third-order valence-electron chi connectivity index (χ3n) is 6.75.